The molecule has 0 aromatic rings. The number of hydrogen-bond acceptors (Lipinski definition) is 3. The maximum Gasteiger partial charge on any atom is 1.00 e. The van der Waals surface area contributed by atoms with Gasteiger partial charge in [0, 0.05) is 5.57 Å². The van der Waals surface area contributed by atoms with Crippen molar-refractivity contribution in [1.82, 2.24) is 0 Å². The Morgan fingerprint density at radius 1 is 1.50 bits per heavy atom. The third kappa shape index (κ3) is 2.47. The number of rotatable bonds is 1. The number of allylic oxidation sites excluding steroid dienone is 3. The van der Waals surface area contributed by atoms with E-state index in [2.05, 4.69) is 0 Å². The molecule has 0 fully saturated rings. The second-order valence-electron chi connectivity index (χ2n) is 2.10. The Bertz CT molecular complexity index is 285. The monoisotopic (exact) mass is 172 g/mol. The summed E-state index contributed by atoms with van der Waals surface area (Å²) >= 11 is 0. The fourth-order valence-electron chi connectivity index (χ4n) is 0.845. The minimum Gasteiger partial charge on any atom is -0.549 e. The zero-order valence-electron chi connectivity index (χ0n) is 6.61. The fraction of sp³-hybridized carbons (Fsp3) is 0.125. The van der Waals surface area contributed by atoms with Gasteiger partial charge in [-0.1, -0.05) is 18.2 Å². The molecule has 0 saturated carbocycles. The molecule has 1 aliphatic carbocycles. The molecule has 0 aromatic heterocycles. The smallest absolute Gasteiger partial charge is 0.549 e. The van der Waals surface area contributed by atoms with Gasteiger partial charge in [-0.25, -0.2) is 4.79 Å². The maximum atomic E-state index is 10.3. The average Bonchev–Trinajstić information content (AvgIpc) is 2.04. The number of carbonyl (C=O) groups is 1. The second kappa shape index (κ2) is 5.12. The predicted molar refractivity (Wildman–Crippen MR) is 36.0 cm³/mol. The van der Waals surface area contributed by atoms with Gasteiger partial charge in [0.2, 0.25) is 0 Å². The van der Waals surface area contributed by atoms with Crippen LogP contribution in [-0.4, -0.2) is 11.9 Å². The average molecular weight is 172 g/mol. The molecule has 56 valence electrons. The molecule has 1 rings (SSSR count). The van der Waals surface area contributed by atoms with Crippen LogP contribution < -0.4 is 34.7 Å². The molecule has 1 unspecified atom stereocenters. The Labute approximate surface area is 91.7 Å². The third-order valence-electron chi connectivity index (χ3n) is 1.40. The number of carbonyl (C=O) groups excluding carboxylic acids is 2. The van der Waals surface area contributed by atoms with Gasteiger partial charge in [-0.05, 0) is 6.08 Å². The van der Waals surface area contributed by atoms with Crippen molar-refractivity contribution < 1.29 is 44.3 Å². The van der Waals surface area contributed by atoms with E-state index < -0.39 is 11.9 Å². The van der Waals surface area contributed by atoms with Gasteiger partial charge >= 0.3 is 29.6 Å². The van der Waals surface area contributed by atoms with E-state index in [-0.39, 0.29) is 35.1 Å². The van der Waals surface area contributed by atoms with Gasteiger partial charge in [0.15, 0.2) is 0 Å². The summed E-state index contributed by atoms with van der Waals surface area (Å²) in [5.74, 6) is -0.664. The van der Waals surface area contributed by atoms with Crippen molar-refractivity contribution in [2.75, 3.05) is 0 Å². The van der Waals surface area contributed by atoms with Crippen LogP contribution in [0.1, 0.15) is 0 Å². The molecule has 0 N–H and O–H groups in total. The Morgan fingerprint density at radius 3 is 2.58 bits per heavy atom. The summed E-state index contributed by atoms with van der Waals surface area (Å²) < 4.78 is 0. The van der Waals surface area contributed by atoms with E-state index in [1.165, 1.54) is 12.2 Å². The van der Waals surface area contributed by atoms with Gasteiger partial charge in [0.1, 0.15) is 5.94 Å². The van der Waals surface area contributed by atoms with E-state index in [0.717, 1.165) is 0 Å². The molecule has 0 heterocycles. The van der Waals surface area contributed by atoms with Gasteiger partial charge in [-0.3, -0.25) is 0 Å². The Balaban J connectivity index is 0.00000121. The number of aliphatic carboxylic acids is 1. The van der Waals surface area contributed by atoms with Gasteiger partial charge < -0.3 is 9.90 Å². The summed E-state index contributed by atoms with van der Waals surface area (Å²) in [4.78, 5) is 20.5. The molecular weight excluding hydrogens is 167 g/mol. The van der Waals surface area contributed by atoms with E-state index >= 15 is 0 Å². The molecule has 0 saturated heterocycles. The zero-order chi connectivity index (χ0) is 8.27. The van der Waals surface area contributed by atoms with Gasteiger partial charge in [-0.15, -0.1) is 0 Å². The molecule has 0 aliphatic heterocycles. The molecular formula is C8H5NaO3. The van der Waals surface area contributed by atoms with Crippen molar-refractivity contribution in [2.24, 2.45) is 5.92 Å². The normalized spacial score (nSPS) is 19.7. The standard InChI is InChI=1S/C8H6O3.Na/c9-5-6-3-1-2-4-7(6)8(10)11;/h1-4,7H,(H,10,11);/q;+1/p-1. The van der Waals surface area contributed by atoms with Crippen molar-refractivity contribution in [1.29, 1.82) is 0 Å². The van der Waals surface area contributed by atoms with Crippen LogP contribution in [0.15, 0.2) is 29.9 Å². The van der Waals surface area contributed by atoms with Crippen molar-refractivity contribution in [3.8, 4) is 0 Å². The predicted octanol–water partition coefficient (Wildman–Crippen LogP) is -3.76. The molecule has 0 bridgehead atoms. The quantitative estimate of drug-likeness (QED) is 0.301. The van der Waals surface area contributed by atoms with Crippen LogP contribution in [0.4, 0.5) is 0 Å². The minimum absolute atomic E-state index is 0. The van der Waals surface area contributed by atoms with Gasteiger partial charge in [0.05, 0.1) is 11.9 Å². The molecule has 1 atom stereocenters. The second-order valence-corrected chi connectivity index (χ2v) is 2.10. The molecule has 0 amide bonds. The van der Waals surface area contributed by atoms with Gasteiger partial charge in [0.25, 0.3) is 0 Å². The third-order valence-corrected chi connectivity index (χ3v) is 1.40. The summed E-state index contributed by atoms with van der Waals surface area (Å²) in [6.07, 6.45) is 5.93. The molecule has 3 nitrogen and oxygen atoms in total. The van der Waals surface area contributed by atoms with E-state index in [9.17, 15) is 14.7 Å². The molecule has 0 aromatic carbocycles. The number of carboxylic acids is 1. The molecule has 4 heteroatoms. The first-order valence-electron chi connectivity index (χ1n) is 3.06. The topological polar surface area (TPSA) is 57.2 Å². The van der Waals surface area contributed by atoms with Crippen LogP contribution in [-0.2, 0) is 9.59 Å². The van der Waals surface area contributed by atoms with E-state index in [1.54, 1.807) is 18.1 Å². The van der Waals surface area contributed by atoms with Crippen LogP contribution >= 0.6 is 0 Å². The summed E-state index contributed by atoms with van der Waals surface area (Å²) in [5.41, 5.74) is 0.104. The summed E-state index contributed by atoms with van der Waals surface area (Å²) in [6, 6.07) is 0. The minimum atomic E-state index is -1.27. The van der Waals surface area contributed by atoms with Crippen molar-refractivity contribution in [2.45, 2.75) is 0 Å². The Kier molecular flexibility index (Phi) is 4.86. The fourth-order valence-corrected chi connectivity index (χ4v) is 0.845. The van der Waals surface area contributed by atoms with Crippen LogP contribution in [0.5, 0.6) is 0 Å². The van der Waals surface area contributed by atoms with E-state index in [4.69, 9.17) is 0 Å². The summed E-state index contributed by atoms with van der Waals surface area (Å²) in [5, 5.41) is 10.3. The summed E-state index contributed by atoms with van der Waals surface area (Å²) in [7, 11) is 0. The zero-order valence-corrected chi connectivity index (χ0v) is 8.61. The van der Waals surface area contributed by atoms with Crippen LogP contribution in [0.25, 0.3) is 0 Å². The Hall–Kier alpha value is -0.600. The molecule has 0 radical (unpaired) electrons. The number of carboxylic acid groups (broad SMARTS) is 1. The van der Waals surface area contributed by atoms with E-state index in [0.29, 0.717) is 0 Å². The van der Waals surface area contributed by atoms with Crippen molar-refractivity contribution in [3.05, 3.63) is 29.9 Å². The molecule has 1 aliphatic rings. The maximum absolute atomic E-state index is 10.3. The van der Waals surface area contributed by atoms with Gasteiger partial charge in [-0.2, -0.15) is 0 Å². The van der Waals surface area contributed by atoms with E-state index in [1.807, 2.05) is 0 Å². The first-order chi connectivity index (χ1) is 5.25. The first-order valence-corrected chi connectivity index (χ1v) is 3.06. The van der Waals surface area contributed by atoms with Crippen molar-refractivity contribution >= 4 is 11.9 Å². The number of hydrogen-bond donors (Lipinski definition) is 0. The van der Waals surface area contributed by atoms with Crippen molar-refractivity contribution in [3.63, 3.8) is 0 Å². The SMILES string of the molecule is O=C=C1C=CC=CC1C(=O)[O-].[Na+]. The molecule has 12 heavy (non-hydrogen) atoms. The first kappa shape index (κ1) is 11.4. The van der Waals surface area contributed by atoms with Crippen LogP contribution in [0.3, 0.4) is 0 Å². The van der Waals surface area contributed by atoms with Crippen LogP contribution in [0, 0.1) is 5.92 Å². The largest absolute Gasteiger partial charge is 1.00 e. The van der Waals surface area contributed by atoms with Crippen LogP contribution in [0.2, 0.25) is 0 Å². The molecule has 0 spiro atoms. The Morgan fingerprint density at radius 2 is 2.17 bits per heavy atom. The summed E-state index contributed by atoms with van der Waals surface area (Å²) in [6.45, 7) is 0.